The lowest BCUT2D eigenvalue weighted by Crippen LogP contribution is -2.04. The van der Waals surface area contributed by atoms with E-state index < -0.39 is 9.84 Å². The Bertz CT molecular complexity index is 589. The second-order valence-electron chi connectivity index (χ2n) is 3.62. The number of benzene rings is 2. The summed E-state index contributed by atoms with van der Waals surface area (Å²) >= 11 is 5.72. The molecule has 17 heavy (non-hydrogen) atoms. The van der Waals surface area contributed by atoms with Crippen molar-refractivity contribution in [2.45, 2.75) is 10.6 Å². The Balaban J connectivity index is 2.29. The first-order chi connectivity index (χ1) is 8.08. The summed E-state index contributed by atoms with van der Waals surface area (Å²) in [6, 6.07) is 16.0. The van der Waals surface area contributed by atoms with Crippen molar-refractivity contribution in [1.82, 2.24) is 0 Å². The van der Waals surface area contributed by atoms with Crippen molar-refractivity contribution in [3.05, 3.63) is 65.2 Å². The van der Waals surface area contributed by atoms with Crippen LogP contribution < -0.4 is 0 Å². The Kier molecular flexibility index (Phi) is 3.50. The van der Waals surface area contributed by atoms with Gasteiger partial charge in [0.2, 0.25) is 0 Å². The molecule has 0 saturated heterocycles. The van der Waals surface area contributed by atoms with Gasteiger partial charge in [-0.3, -0.25) is 0 Å². The molecule has 0 bridgehead atoms. The molecule has 0 aliphatic carbocycles. The Morgan fingerprint density at radius 3 is 2.41 bits per heavy atom. The summed E-state index contributed by atoms with van der Waals surface area (Å²) in [5, 5.41) is 0.525. The molecular formula is C13H10ClO2S. The largest absolute Gasteiger partial charge is 0.223 e. The summed E-state index contributed by atoms with van der Waals surface area (Å²) in [5.74, 6) is -0.0219. The summed E-state index contributed by atoms with van der Waals surface area (Å²) in [6.45, 7) is 0. The van der Waals surface area contributed by atoms with Gasteiger partial charge in [0.1, 0.15) is 0 Å². The van der Waals surface area contributed by atoms with Gasteiger partial charge in [-0.05, 0) is 35.9 Å². The molecule has 0 heterocycles. The molecule has 0 spiro atoms. The van der Waals surface area contributed by atoms with Gasteiger partial charge in [0.25, 0.3) is 0 Å². The van der Waals surface area contributed by atoms with Gasteiger partial charge >= 0.3 is 0 Å². The molecule has 0 atom stereocenters. The highest BCUT2D eigenvalue weighted by molar-refractivity contribution is 7.90. The number of rotatable bonds is 3. The maximum atomic E-state index is 12.1. The lowest BCUT2D eigenvalue weighted by Gasteiger charge is -2.04. The average Bonchev–Trinajstić information content (AvgIpc) is 2.30. The number of hydrogen-bond acceptors (Lipinski definition) is 2. The van der Waals surface area contributed by atoms with E-state index in [2.05, 4.69) is 6.07 Å². The molecule has 0 fully saturated rings. The predicted molar refractivity (Wildman–Crippen MR) is 67.6 cm³/mol. The minimum absolute atomic E-state index is 0.0219. The molecule has 2 aromatic rings. The van der Waals surface area contributed by atoms with E-state index in [1.54, 1.807) is 36.4 Å². The first-order valence-corrected chi connectivity index (χ1v) is 7.04. The van der Waals surface area contributed by atoms with E-state index >= 15 is 0 Å². The van der Waals surface area contributed by atoms with Crippen molar-refractivity contribution >= 4 is 21.4 Å². The summed E-state index contributed by atoms with van der Waals surface area (Å²) < 4.78 is 24.1. The van der Waals surface area contributed by atoms with Gasteiger partial charge < -0.3 is 0 Å². The van der Waals surface area contributed by atoms with Crippen molar-refractivity contribution in [1.29, 1.82) is 0 Å². The Morgan fingerprint density at radius 2 is 1.82 bits per heavy atom. The van der Waals surface area contributed by atoms with Gasteiger partial charge in [-0.25, -0.2) is 8.42 Å². The first-order valence-electron chi connectivity index (χ1n) is 5.01. The zero-order valence-electron chi connectivity index (χ0n) is 8.93. The first kappa shape index (κ1) is 12.1. The molecule has 0 saturated carbocycles. The molecule has 0 aliphatic rings. The van der Waals surface area contributed by atoms with Crippen LogP contribution >= 0.6 is 11.6 Å². The molecule has 0 unspecified atom stereocenters. The molecule has 2 nitrogen and oxygen atoms in total. The van der Waals surface area contributed by atoms with Gasteiger partial charge in [-0.15, -0.1) is 0 Å². The summed E-state index contributed by atoms with van der Waals surface area (Å²) in [7, 11) is -3.31. The van der Waals surface area contributed by atoms with Gasteiger partial charge in [0.05, 0.1) is 10.6 Å². The van der Waals surface area contributed by atoms with Crippen molar-refractivity contribution in [2.75, 3.05) is 0 Å². The van der Waals surface area contributed by atoms with E-state index in [-0.39, 0.29) is 10.6 Å². The maximum absolute atomic E-state index is 12.1. The molecule has 0 aliphatic heterocycles. The minimum atomic E-state index is -3.31. The third-order valence-electron chi connectivity index (χ3n) is 2.30. The Hall–Kier alpha value is -1.32. The van der Waals surface area contributed by atoms with Crippen LogP contribution in [0.3, 0.4) is 0 Å². The monoisotopic (exact) mass is 265 g/mol. The molecule has 2 aromatic carbocycles. The highest BCUT2D eigenvalue weighted by Crippen LogP contribution is 2.18. The zero-order valence-corrected chi connectivity index (χ0v) is 10.5. The maximum Gasteiger partial charge on any atom is 0.182 e. The SMILES string of the molecule is O=S(=O)(Cc1c[c]ccc1)c1ccc(Cl)cc1. The van der Waals surface area contributed by atoms with Crippen molar-refractivity contribution in [3.8, 4) is 0 Å². The molecule has 87 valence electrons. The van der Waals surface area contributed by atoms with Gasteiger partial charge in [0.15, 0.2) is 9.84 Å². The Morgan fingerprint density at radius 1 is 1.12 bits per heavy atom. The van der Waals surface area contributed by atoms with Crippen LogP contribution in [0.5, 0.6) is 0 Å². The van der Waals surface area contributed by atoms with E-state index in [1.807, 2.05) is 0 Å². The fourth-order valence-electron chi connectivity index (χ4n) is 1.46. The second kappa shape index (κ2) is 4.90. The van der Waals surface area contributed by atoms with Crippen LogP contribution in [0.2, 0.25) is 5.02 Å². The van der Waals surface area contributed by atoms with Crippen LogP contribution in [0.1, 0.15) is 5.56 Å². The topological polar surface area (TPSA) is 34.1 Å². The molecule has 0 amide bonds. The van der Waals surface area contributed by atoms with Crippen molar-refractivity contribution < 1.29 is 8.42 Å². The average molecular weight is 266 g/mol. The Labute approximate surface area is 106 Å². The molecule has 0 N–H and O–H groups in total. The zero-order chi connectivity index (χ0) is 12.3. The summed E-state index contributed by atoms with van der Waals surface area (Å²) in [5.41, 5.74) is 0.724. The summed E-state index contributed by atoms with van der Waals surface area (Å²) in [6.07, 6.45) is 0. The predicted octanol–water partition coefficient (Wildman–Crippen LogP) is 3.11. The van der Waals surface area contributed by atoms with Crippen molar-refractivity contribution in [2.24, 2.45) is 0 Å². The normalized spacial score (nSPS) is 11.4. The molecule has 2 rings (SSSR count). The fraction of sp³-hybridized carbons (Fsp3) is 0.0769. The molecule has 4 heteroatoms. The van der Waals surface area contributed by atoms with Gasteiger partial charge in [-0.2, -0.15) is 0 Å². The van der Waals surface area contributed by atoms with E-state index in [1.165, 1.54) is 12.1 Å². The number of hydrogen-bond donors (Lipinski definition) is 0. The summed E-state index contributed by atoms with van der Waals surface area (Å²) in [4.78, 5) is 0.283. The van der Waals surface area contributed by atoms with E-state index in [0.717, 1.165) is 5.56 Å². The van der Waals surface area contributed by atoms with Crippen LogP contribution in [-0.2, 0) is 15.6 Å². The van der Waals surface area contributed by atoms with Gasteiger partial charge in [0, 0.05) is 5.02 Å². The quantitative estimate of drug-likeness (QED) is 0.855. The molecule has 1 radical (unpaired) electrons. The second-order valence-corrected chi connectivity index (χ2v) is 6.05. The third-order valence-corrected chi connectivity index (χ3v) is 4.26. The molecule has 0 aromatic heterocycles. The van der Waals surface area contributed by atoms with E-state index in [4.69, 9.17) is 11.6 Å². The van der Waals surface area contributed by atoms with Crippen LogP contribution in [0.15, 0.2) is 53.4 Å². The number of sulfone groups is 1. The highest BCUT2D eigenvalue weighted by Gasteiger charge is 2.14. The van der Waals surface area contributed by atoms with Crippen LogP contribution in [0, 0.1) is 6.07 Å². The lowest BCUT2D eigenvalue weighted by atomic mass is 10.2. The highest BCUT2D eigenvalue weighted by atomic mass is 35.5. The third kappa shape index (κ3) is 3.08. The van der Waals surface area contributed by atoms with Crippen LogP contribution in [0.4, 0.5) is 0 Å². The number of halogens is 1. The van der Waals surface area contributed by atoms with E-state index in [0.29, 0.717) is 5.02 Å². The van der Waals surface area contributed by atoms with Crippen LogP contribution in [0.25, 0.3) is 0 Å². The molecular weight excluding hydrogens is 256 g/mol. The smallest absolute Gasteiger partial charge is 0.182 e. The van der Waals surface area contributed by atoms with Gasteiger partial charge in [-0.1, -0.05) is 35.9 Å². The van der Waals surface area contributed by atoms with E-state index in [9.17, 15) is 8.42 Å². The van der Waals surface area contributed by atoms with Crippen molar-refractivity contribution in [3.63, 3.8) is 0 Å². The lowest BCUT2D eigenvalue weighted by molar-refractivity contribution is 0.595. The van der Waals surface area contributed by atoms with Crippen LogP contribution in [-0.4, -0.2) is 8.42 Å². The fourth-order valence-corrected chi connectivity index (χ4v) is 2.93. The minimum Gasteiger partial charge on any atom is -0.223 e. The standard InChI is InChI=1S/C13H10ClO2S/c14-12-6-8-13(9-7-12)17(15,16)10-11-4-2-1-3-5-11/h1-2,4-9H,10H2.